The highest BCUT2D eigenvalue weighted by Gasteiger charge is 2.22. The molecule has 4 N–H and O–H groups in total. The molecule has 0 saturated heterocycles. The average molecular weight is 340 g/mol. The van der Waals surface area contributed by atoms with Gasteiger partial charge in [0.05, 0.1) is 29.8 Å². The van der Waals surface area contributed by atoms with Gasteiger partial charge in [-0.3, -0.25) is 15.4 Å². The molecule has 25 heavy (non-hydrogen) atoms. The van der Waals surface area contributed by atoms with Crippen LogP contribution < -0.4 is 16.2 Å². The van der Waals surface area contributed by atoms with Crippen LogP contribution in [0.2, 0.25) is 0 Å². The van der Waals surface area contributed by atoms with E-state index < -0.39 is 6.03 Å². The Morgan fingerprint density at radius 1 is 1.32 bits per heavy atom. The molecule has 1 aromatic carbocycles. The zero-order chi connectivity index (χ0) is 17.8. The van der Waals surface area contributed by atoms with Crippen molar-refractivity contribution in [2.75, 3.05) is 4.90 Å². The largest absolute Gasteiger partial charge is 0.361 e. The van der Waals surface area contributed by atoms with E-state index in [9.17, 15) is 4.79 Å². The molecular formula is C17H20N6O2. The monoisotopic (exact) mass is 340 g/mol. The molecule has 0 radical (unpaired) electrons. The number of rotatable bonds is 5. The molecule has 0 aliphatic rings. The molecule has 2 heterocycles. The maximum absolute atomic E-state index is 12.3. The van der Waals surface area contributed by atoms with Gasteiger partial charge < -0.3 is 4.52 Å². The molecule has 130 valence electrons. The summed E-state index contributed by atoms with van der Waals surface area (Å²) in [4.78, 5) is 13.9. The Kier molecular flexibility index (Phi) is 4.80. The third-order valence-corrected chi connectivity index (χ3v) is 4.07. The van der Waals surface area contributed by atoms with Crippen molar-refractivity contribution in [2.24, 2.45) is 5.84 Å². The summed E-state index contributed by atoms with van der Waals surface area (Å²) in [6.45, 7) is 4.12. The predicted octanol–water partition coefficient (Wildman–Crippen LogP) is 2.20. The summed E-state index contributed by atoms with van der Waals surface area (Å²) < 4.78 is 5.21. The van der Waals surface area contributed by atoms with Crippen molar-refractivity contribution in [3.05, 3.63) is 64.8 Å². The minimum atomic E-state index is -0.412. The molecule has 2 amide bonds. The van der Waals surface area contributed by atoms with Crippen molar-refractivity contribution in [3.8, 4) is 0 Å². The number of hydrogen-bond donors (Lipinski definition) is 3. The van der Waals surface area contributed by atoms with Crippen molar-refractivity contribution < 1.29 is 9.32 Å². The number of aromatic amines is 1. The minimum Gasteiger partial charge on any atom is -0.361 e. The number of aromatic nitrogens is 3. The van der Waals surface area contributed by atoms with E-state index in [4.69, 9.17) is 10.4 Å². The first-order valence-corrected chi connectivity index (χ1v) is 7.86. The van der Waals surface area contributed by atoms with Gasteiger partial charge in [-0.1, -0.05) is 35.5 Å². The fourth-order valence-corrected chi connectivity index (χ4v) is 2.71. The number of carbonyl (C=O) groups excluding carboxylic acids is 1. The van der Waals surface area contributed by atoms with E-state index in [2.05, 4.69) is 20.8 Å². The van der Waals surface area contributed by atoms with Crippen LogP contribution in [-0.2, 0) is 13.0 Å². The summed E-state index contributed by atoms with van der Waals surface area (Å²) in [7, 11) is 0. The molecule has 0 fully saturated rings. The fraction of sp³-hybridized carbons (Fsp3) is 0.235. The molecule has 8 nitrogen and oxygen atoms in total. The topological polar surface area (TPSA) is 113 Å². The van der Waals surface area contributed by atoms with Gasteiger partial charge >= 0.3 is 6.03 Å². The number of benzene rings is 1. The summed E-state index contributed by atoms with van der Waals surface area (Å²) >= 11 is 0. The van der Waals surface area contributed by atoms with Crippen molar-refractivity contribution in [1.29, 1.82) is 0 Å². The molecule has 8 heteroatoms. The number of nitrogens with two attached hydrogens (primary N) is 1. The molecule has 0 saturated carbocycles. The third-order valence-electron chi connectivity index (χ3n) is 4.07. The van der Waals surface area contributed by atoms with Gasteiger partial charge in [-0.15, -0.1) is 0 Å². The van der Waals surface area contributed by atoms with Crippen LogP contribution in [0.4, 0.5) is 10.5 Å². The Balaban J connectivity index is 1.92. The van der Waals surface area contributed by atoms with Gasteiger partial charge in [0.15, 0.2) is 0 Å². The standard InChI is InChI=1S/C17H20N6O2/c1-11-14(12(2)25-22-11)8-15-16(9-19-21-15)23(17(24)20-18)10-13-6-4-3-5-7-13/h3-7,9H,8,10,18H2,1-2H3,(H,19,21)(H,20,24). The summed E-state index contributed by atoms with van der Waals surface area (Å²) in [5.41, 5.74) is 6.41. The highest BCUT2D eigenvalue weighted by Crippen LogP contribution is 2.25. The van der Waals surface area contributed by atoms with E-state index in [1.807, 2.05) is 44.2 Å². The lowest BCUT2D eigenvalue weighted by atomic mass is 10.1. The first-order valence-electron chi connectivity index (χ1n) is 7.86. The van der Waals surface area contributed by atoms with Gasteiger partial charge in [0.2, 0.25) is 0 Å². The molecule has 0 atom stereocenters. The van der Waals surface area contributed by atoms with Crippen molar-refractivity contribution >= 4 is 11.7 Å². The maximum atomic E-state index is 12.3. The second kappa shape index (κ2) is 7.18. The molecular weight excluding hydrogens is 320 g/mol. The van der Waals surface area contributed by atoms with Crippen LogP contribution in [-0.4, -0.2) is 21.4 Å². The zero-order valence-corrected chi connectivity index (χ0v) is 14.1. The number of nitrogens with one attached hydrogen (secondary N) is 2. The van der Waals surface area contributed by atoms with Crippen LogP contribution in [0.5, 0.6) is 0 Å². The zero-order valence-electron chi connectivity index (χ0n) is 14.1. The summed E-state index contributed by atoms with van der Waals surface area (Å²) in [5, 5.41) is 11.0. The molecule has 2 aromatic heterocycles. The van der Waals surface area contributed by atoms with Crippen LogP contribution in [0.1, 0.15) is 28.3 Å². The minimum absolute atomic E-state index is 0.373. The normalized spacial score (nSPS) is 10.7. The van der Waals surface area contributed by atoms with Crippen molar-refractivity contribution in [3.63, 3.8) is 0 Å². The van der Waals surface area contributed by atoms with Gasteiger partial charge in [0, 0.05) is 12.0 Å². The molecule has 3 rings (SSSR count). The smallest absolute Gasteiger partial charge is 0.336 e. The molecule has 0 unspecified atom stereocenters. The highest BCUT2D eigenvalue weighted by molar-refractivity contribution is 5.92. The van der Waals surface area contributed by atoms with Crippen LogP contribution >= 0.6 is 0 Å². The number of hydrogen-bond acceptors (Lipinski definition) is 5. The maximum Gasteiger partial charge on any atom is 0.336 e. The van der Waals surface area contributed by atoms with Gasteiger partial charge in [-0.05, 0) is 19.4 Å². The molecule has 3 aromatic rings. The number of anilines is 1. The van der Waals surface area contributed by atoms with Gasteiger partial charge in [-0.25, -0.2) is 10.6 Å². The van der Waals surface area contributed by atoms with Gasteiger partial charge in [0.1, 0.15) is 5.76 Å². The second-order valence-electron chi connectivity index (χ2n) is 5.73. The Morgan fingerprint density at radius 3 is 2.72 bits per heavy atom. The van der Waals surface area contributed by atoms with E-state index in [1.54, 1.807) is 11.1 Å². The lowest BCUT2D eigenvalue weighted by molar-refractivity contribution is 0.246. The summed E-state index contributed by atoms with van der Waals surface area (Å²) in [6, 6.07) is 9.26. The van der Waals surface area contributed by atoms with E-state index in [1.165, 1.54) is 0 Å². The lowest BCUT2D eigenvalue weighted by Gasteiger charge is -2.22. The first-order chi connectivity index (χ1) is 12.1. The Labute approximate surface area is 145 Å². The van der Waals surface area contributed by atoms with E-state index in [0.29, 0.717) is 18.7 Å². The van der Waals surface area contributed by atoms with Gasteiger partial charge in [-0.2, -0.15) is 5.10 Å². The Hall–Kier alpha value is -3.13. The van der Waals surface area contributed by atoms with Crippen LogP contribution in [0.3, 0.4) is 0 Å². The third kappa shape index (κ3) is 3.53. The van der Waals surface area contributed by atoms with E-state index in [-0.39, 0.29) is 0 Å². The number of H-pyrrole nitrogens is 1. The summed E-state index contributed by atoms with van der Waals surface area (Å²) in [5.74, 6) is 6.12. The first kappa shape index (κ1) is 16.7. The number of amides is 2. The van der Waals surface area contributed by atoms with Gasteiger partial charge in [0.25, 0.3) is 0 Å². The van der Waals surface area contributed by atoms with Crippen molar-refractivity contribution in [2.45, 2.75) is 26.8 Å². The molecule has 0 bridgehead atoms. The average Bonchev–Trinajstić information content (AvgIpc) is 3.22. The Bertz CT molecular complexity index is 836. The van der Waals surface area contributed by atoms with Crippen LogP contribution in [0.15, 0.2) is 41.1 Å². The second-order valence-corrected chi connectivity index (χ2v) is 5.73. The summed E-state index contributed by atoms with van der Waals surface area (Å²) in [6.07, 6.45) is 2.14. The predicted molar refractivity (Wildman–Crippen MR) is 92.7 cm³/mol. The molecule has 0 aliphatic carbocycles. The number of hydrazine groups is 1. The fourth-order valence-electron chi connectivity index (χ4n) is 2.71. The number of aryl methyl sites for hydroxylation is 2. The molecule has 0 aliphatic heterocycles. The highest BCUT2D eigenvalue weighted by atomic mass is 16.5. The number of nitrogens with zero attached hydrogens (tertiary/aromatic N) is 3. The molecule has 0 spiro atoms. The van der Waals surface area contributed by atoms with Crippen LogP contribution in [0.25, 0.3) is 0 Å². The quantitative estimate of drug-likeness (QED) is 0.374. The number of urea groups is 1. The number of carbonyl (C=O) groups is 1. The van der Waals surface area contributed by atoms with E-state index >= 15 is 0 Å². The van der Waals surface area contributed by atoms with Crippen molar-refractivity contribution in [1.82, 2.24) is 20.8 Å². The van der Waals surface area contributed by atoms with E-state index in [0.717, 1.165) is 28.3 Å². The Morgan fingerprint density at radius 2 is 2.08 bits per heavy atom. The van der Waals surface area contributed by atoms with Crippen LogP contribution in [0, 0.1) is 13.8 Å². The SMILES string of the molecule is Cc1noc(C)c1Cc1[nH]ncc1N(Cc1ccccc1)C(=O)NN. The lowest BCUT2D eigenvalue weighted by Crippen LogP contribution is -2.43.